The minimum Gasteiger partial charge on any atom is -0.493 e. The number of piperidine rings is 1. The van der Waals surface area contributed by atoms with E-state index in [9.17, 15) is 14.7 Å². The van der Waals surface area contributed by atoms with Crippen LogP contribution >= 0.6 is 0 Å². The van der Waals surface area contributed by atoms with Crippen LogP contribution in [-0.4, -0.2) is 74.9 Å². The van der Waals surface area contributed by atoms with Gasteiger partial charge >= 0.3 is 0 Å². The molecule has 0 unspecified atom stereocenters. The average Bonchev–Trinajstić information content (AvgIpc) is 2.94. The topological polar surface area (TPSA) is 89.7 Å². The standard InChI is InChI=1S/C30H34N2O6/c1-36-26-10-9-21(15-27(26)37-2)18-38-19-23(33)17-31-13-11-20(12-14-31)16-32-29(34)24-7-3-5-22-6-4-8-25(28(22)24)30(32)35/h3-10,15,20,23,33H,11-14,16-19H2,1-2H3/p+1/t23-/m1/s1. The predicted molar refractivity (Wildman–Crippen MR) is 143 cm³/mol. The zero-order valence-electron chi connectivity index (χ0n) is 21.9. The van der Waals surface area contributed by atoms with Crippen molar-refractivity contribution in [2.24, 2.45) is 5.92 Å². The first kappa shape index (κ1) is 26.2. The van der Waals surface area contributed by atoms with E-state index >= 15 is 0 Å². The van der Waals surface area contributed by atoms with Gasteiger partial charge in [0.05, 0.1) is 40.5 Å². The molecule has 5 rings (SSSR count). The third-order valence-corrected chi connectivity index (χ3v) is 7.66. The molecule has 2 amide bonds. The summed E-state index contributed by atoms with van der Waals surface area (Å²) in [4.78, 5) is 29.2. The molecule has 2 aliphatic heterocycles. The maximum Gasteiger partial charge on any atom is 0.261 e. The molecule has 1 fully saturated rings. The van der Waals surface area contributed by atoms with E-state index in [1.807, 2.05) is 54.6 Å². The lowest BCUT2D eigenvalue weighted by Crippen LogP contribution is -3.14. The molecular formula is C30H35N2O6+. The number of methoxy groups -OCH3 is 2. The van der Waals surface area contributed by atoms with Crippen LogP contribution in [0.15, 0.2) is 54.6 Å². The fourth-order valence-corrected chi connectivity index (χ4v) is 5.65. The molecule has 3 aromatic rings. The Hall–Kier alpha value is -3.46. The summed E-state index contributed by atoms with van der Waals surface area (Å²) in [5, 5.41) is 12.2. The van der Waals surface area contributed by atoms with Crippen LogP contribution in [0.3, 0.4) is 0 Å². The molecule has 0 radical (unpaired) electrons. The Balaban J connectivity index is 1.09. The first-order chi connectivity index (χ1) is 18.5. The second-order valence-corrected chi connectivity index (χ2v) is 10.2. The van der Waals surface area contributed by atoms with Gasteiger partial charge in [-0.15, -0.1) is 0 Å². The fourth-order valence-electron chi connectivity index (χ4n) is 5.65. The van der Waals surface area contributed by atoms with Gasteiger partial charge in [0.25, 0.3) is 11.8 Å². The van der Waals surface area contributed by atoms with Crippen LogP contribution in [0, 0.1) is 5.92 Å². The van der Waals surface area contributed by atoms with Gasteiger partial charge in [0, 0.05) is 35.9 Å². The number of ether oxygens (including phenoxy) is 3. The minimum atomic E-state index is -0.566. The molecule has 2 N–H and O–H groups in total. The molecule has 8 nitrogen and oxygen atoms in total. The van der Waals surface area contributed by atoms with E-state index in [2.05, 4.69) is 0 Å². The molecule has 1 atom stereocenters. The van der Waals surface area contributed by atoms with E-state index in [1.54, 1.807) is 14.2 Å². The molecule has 2 aliphatic rings. The number of imide groups is 1. The highest BCUT2D eigenvalue weighted by Crippen LogP contribution is 2.31. The van der Waals surface area contributed by atoms with Crippen LogP contribution in [0.5, 0.6) is 11.5 Å². The van der Waals surface area contributed by atoms with Crippen molar-refractivity contribution in [1.82, 2.24) is 4.90 Å². The van der Waals surface area contributed by atoms with Gasteiger partial charge in [-0.3, -0.25) is 14.5 Å². The predicted octanol–water partition coefficient (Wildman–Crippen LogP) is 2.33. The highest BCUT2D eigenvalue weighted by molar-refractivity contribution is 6.25. The number of carbonyl (C=O) groups excluding carboxylic acids is 2. The first-order valence-electron chi connectivity index (χ1n) is 13.2. The van der Waals surface area contributed by atoms with Gasteiger partial charge in [0.2, 0.25) is 0 Å². The number of rotatable bonds is 10. The maximum absolute atomic E-state index is 13.2. The lowest BCUT2D eigenvalue weighted by Gasteiger charge is -2.34. The number of hydrogen-bond donors (Lipinski definition) is 2. The molecular weight excluding hydrogens is 484 g/mol. The van der Waals surface area contributed by atoms with Gasteiger partial charge in [-0.05, 0) is 41.1 Å². The Kier molecular flexibility index (Phi) is 7.93. The zero-order chi connectivity index (χ0) is 26.6. The number of hydrogen-bond acceptors (Lipinski definition) is 6. The minimum absolute atomic E-state index is 0.198. The Labute approximate surface area is 222 Å². The third kappa shape index (κ3) is 5.38. The van der Waals surface area contributed by atoms with Crippen molar-refractivity contribution in [2.45, 2.75) is 25.6 Å². The summed E-state index contributed by atoms with van der Waals surface area (Å²) in [5.74, 6) is 1.18. The van der Waals surface area contributed by atoms with E-state index in [1.165, 1.54) is 9.80 Å². The summed E-state index contributed by atoms with van der Waals surface area (Å²) in [7, 11) is 3.20. The van der Waals surface area contributed by atoms with Crippen LogP contribution in [0.4, 0.5) is 0 Å². The van der Waals surface area contributed by atoms with Crippen molar-refractivity contribution in [3.8, 4) is 11.5 Å². The number of aliphatic hydroxyl groups excluding tert-OH is 1. The van der Waals surface area contributed by atoms with Crippen molar-refractivity contribution in [3.05, 3.63) is 71.3 Å². The number of likely N-dealkylation sites (tertiary alicyclic amines) is 1. The van der Waals surface area contributed by atoms with E-state index in [0.717, 1.165) is 42.3 Å². The van der Waals surface area contributed by atoms with E-state index in [-0.39, 0.29) is 24.3 Å². The summed E-state index contributed by atoms with van der Waals surface area (Å²) < 4.78 is 16.3. The number of amides is 2. The number of benzene rings is 3. The number of carbonyl (C=O) groups is 2. The lowest BCUT2D eigenvalue weighted by atomic mass is 9.91. The third-order valence-electron chi connectivity index (χ3n) is 7.66. The summed E-state index contributed by atoms with van der Waals surface area (Å²) >= 11 is 0. The van der Waals surface area contributed by atoms with Crippen LogP contribution in [0.1, 0.15) is 39.1 Å². The molecule has 1 saturated heterocycles. The van der Waals surface area contributed by atoms with Crippen LogP contribution < -0.4 is 14.4 Å². The van der Waals surface area contributed by atoms with Gasteiger partial charge in [0.1, 0.15) is 12.6 Å². The average molecular weight is 520 g/mol. The summed E-state index contributed by atoms with van der Waals surface area (Å²) in [6.45, 7) is 3.45. The Morgan fingerprint density at radius 1 is 0.947 bits per heavy atom. The number of nitrogens with one attached hydrogen (secondary N) is 1. The summed E-state index contributed by atoms with van der Waals surface area (Å²) in [5.41, 5.74) is 2.16. The lowest BCUT2D eigenvalue weighted by molar-refractivity contribution is -0.909. The van der Waals surface area contributed by atoms with Crippen molar-refractivity contribution >= 4 is 22.6 Å². The number of aliphatic hydroxyl groups is 1. The largest absolute Gasteiger partial charge is 0.493 e. The molecule has 0 spiro atoms. The fraction of sp³-hybridized carbons (Fsp3) is 0.400. The van der Waals surface area contributed by atoms with Crippen LogP contribution in [0.25, 0.3) is 10.8 Å². The van der Waals surface area contributed by atoms with Crippen molar-refractivity contribution in [1.29, 1.82) is 0 Å². The van der Waals surface area contributed by atoms with Gasteiger partial charge < -0.3 is 24.2 Å². The SMILES string of the molecule is COc1ccc(COC[C@H](O)C[NH+]2CCC(CN3C(=O)c4cccc5cccc(c45)C3=O)CC2)cc1OC. The molecule has 38 heavy (non-hydrogen) atoms. The molecule has 0 aliphatic carbocycles. The summed E-state index contributed by atoms with van der Waals surface area (Å²) in [6.07, 6.45) is 1.23. The first-order valence-corrected chi connectivity index (χ1v) is 13.2. The van der Waals surface area contributed by atoms with E-state index < -0.39 is 6.10 Å². The zero-order valence-corrected chi connectivity index (χ0v) is 21.9. The highest BCUT2D eigenvalue weighted by Gasteiger charge is 2.35. The maximum atomic E-state index is 13.2. The van der Waals surface area contributed by atoms with E-state index in [0.29, 0.717) is 42.3 Å². The quantitative estimate of drug-likeness (QED) is 0.400. The van der Waals surface area contributed by atoms with E-state index in [4.69, 9.17) is 14.2 Å². The Morgan fingerprint density at radius 2 is 1.61 bits per heavy atom. The second kappa shape index (κ2) is 11.5. The van der Waals surface area contributed by atoms with Crippen molar-refractivity contribution < 1.29 is 33.8 Å². The molecule has 0 saturated carbocycles. The molecule has 0 aromatic heterocycles. The number of quaternary nitrogens is 1. The monoisotopic (exact) mass is 519 g/mol. The molecule has 0 bridgehead atoms. The van der Waals surface area contributed by atoms with Crippen LogP contribution in [-0.2, 0) is 11.3 Å². The smallest absolute Gasteiger partial charge is 0.261 e. The van der Waals surface area contributed by atoms with Gasteiger partial charge in [-0.2, -0.15) is 0 Å². The van der Waals surface area contributed by atoms with Gasteiger partial charge in [-0.1, -0.05) is 30.3 Å². The van der Waals surface area contributed by atoms with Gasteiger partial charge in [0.15, 0.2) is 11.5 Å². The highest BCUT2D eigenvalue weighted by atomic mass is 16.5. The molecule has 8 heteroatoms. The van der Waals surface area contributed by atoms with Crippen molar-refractivity contribution in [2.75, 3.05) is 47.0 Å². The van der Waals surface area contributed by atoms with Crippen molar-refractivity contribution in [3.63, 3.8) is 0 Å². The Morgan fingerprint density at radius 3 is 2.24 bits per heavy atom. The normalized spacial score (nSPS) is 20.0. The van der Waals surface area contributed by atoms with Crippen LogP contribution in [0.2, 0.25) is 0 Å². The summed E-state index contributed by atoms with van der Waals surface area (Å²) in [6, 6.07) is 16.9. The molecule has 200 valence electrons. The number of nitrogens with zero attached hydrogens (tertiary/aromatic N) is 1. The molecule has 3 aromatic carbocycles. The van der Waals surface area contributed by atoms with Gasteiger partial charge in [-0.25, -0.2) is 0 Å². The second-order valence-electron chi connectivity index (χ2n) is 10.2. The molecule has 2 heterocycles. The Bertz CT molecular complexity index is 1270.